The van der Waals surface area contributed by atoms with Crippen LogP contribution in [0.1, 0.15) is 51.6 Å². The van der Waals surface area contributed by atoms with Crippen molar-refractivity contribution in [1.29, 1.82) is 0 Å². The molecule has 1 aromatic heterocycles. The van der Waals surface area contributed by atoms with Gasteiger partial charge in [0.05, 0.1) is 16.1 Å². The summed E-state index contributed by atoms with van der Waals surface area (Å²) in [5, 5.41) is 12.0. The van der Waals surface area contributed by atoms with Gasteiger partial charge in [0, 0.05) is 16.8 Å². The Morgan fingerprint density at radius 2 is 1.93 bits per heavy atom. The standard InChI is InChI=1S/C23H24N2O3S/c1-4-7-10-16(15-17(5-2)24-6-3)20-13-14-21(29-20)22(26)25-19-12-9-8-11-18(19)23(27)28/h4,6,8-15H,1,5,7H2,2-3H3,(H,25,26)(H,27,28)/b16-10+,17-15+,24-6?. The molecule has 0 unspecified atom stereocenters. The first kappa shape index (κ1) is 22.0. The molecule has 29 heavy (non-hydrogen) atoms. The van der Waals surface area contributed by atoms with Gasteiger partial charge in [-0.2, -0.15) is 0 Å². The Morgan fingerprint density at radius 1 is 1.21 bits per heavy atom. The molecule has 1 heterocycles. The minimum absolute atomic E-state index is 0.0529. The minimum Gasteiger partial charge on any atom is -0.478 e. The molecule has 5 nitrogen and oxygen atoms in total. The Kier molecular flexibility index (Phi) is 8.30. The van der Waals surface area contributed by atoms with Crippen LogP contribution in [0.5, 0.6) is 0 Å². The molecule has 0 radical (unpaired) electrons. The molecule has 2 aromatic rings. The molecule has 2 N–H and O–H groups in total. The van der Waals surface area contributed by atoms with E-state index in [0.717, 1.165) is 22.6 Å². The molecular weight excluding hydrogens is 384 g/mol. The lowest BCUT2D eigenvalue weighted by molar-refractivity contribution is 0.0698. The molecule has 0 aliphatic rings. The zero-order valence-electron chi connectivity index (χ0n) is 16.5. The number of carboxylic acid groups (broad SMARTS) is 1. The fraction of sp³-hybridized carbons (Fsp3) is 0.174. The van der Waals surface area contributed by atoms with E-state index in [-0.39, 0.29) is 17.2 Å². The van der Waals surface area contributed by atoms with E-state index in [4.69, 9.17) is 0 Å². The third kappa shape index (κ3) is 6.12. The number of para-hydroxylation sites is 1. The molecule has 150 valence electrons. The summed E-state index contributed by atoms with van der Waals surface area (Å²) in [5.41, 5.74) is 2.24. The van der Waals surface area contributed by atoms with Crippen LogP contribution in [0.15, 0.2) is 71.9 Å². The van der Waals surface area contributed by atoms with Crippen molar-refractivity contribution in [2.45, 2.75) is 26.7 Å². The largest absolute Gasteiger partial charge is 0.478 e. The van der Waals surface area contributed by atoms with Crippen LogP contribution in [0.4, 0.5) is 5.69 Å². The predicted molar refractivity (Wildman–Crippen MR) is 121 cm³/mol. The number of nitrogens with one attached hydrogen (secondary N) is 1. The lowest BCUT2D eigenvalue weighted by atomic mass is 10.1. The van der Waals surface area contributed by atoms with Gasteiger partial charge in [-0.1, -0.05) is 31.2 Å². The maximum absolute atomic E-state index is 12.7. The lowest BCUT2D eigenvalue weighted by Crippen LogP contribution is -2.13. The zero-order chi connectivity index (χ0) is 21.2. The van der Waals surface area contributed by atoms with Crippen LogP contribution in [0, 0.1) is 0 Å². The summed E-state index contributed by atoms with van der Waals surface area (Å²) < 4.78 is 0. The highest BCUT2D eigenvalue weighted by molar-refractivity contribution is 7.15. The highest BCUT2D eigenvalue weighted by Crippen LogP contribution is 2.28. The average Bonchev–Trinajstić information content (AvgIpc) is 3.20. The normalized spacial score (nSPS) is 12.2. The molecule has 6 heteroatoms. The number of benzene rings is 1. The van der Waals surface area contributed by atoms with Crippen LogP contribution in [0.25, 0.3) is 5.57 Å². The first-order valence-corrected chi connectivity index (χ1v) is 10.1. The van der Waals surface area contributed by atoms with Crippen LogP contribution in [-0.4, -0.2) is 23.2 Å². The second kappa shape index (κ2) is 10.9. The monoisotopic (exact) mass is 408 g/mol. The summed E-state index contributed by atoms with van der Waals surface area (Å²) in [6.45, 7) is 7.67. The van der Waals surface area contributed by atoms with Crippen LogP contribution >= 0.6 is 11.3 Å². The molecule has 1 amide bonds. The number of nitrogens with zero attached hydrogens (tertiary/aromatic N) is 1. The summed E-state index contributed by atoms with van der Waals surface area (Å²) in [5.74, 6) is -1.43. The third-order valence-corrected chi connectivity index (χ3v) is 5.14. The summed E-state index contributed by atoms with van der Waals surface area (Å²) in [6.07, 6.45) is 9.11. The maximum Gasteiger partial charge on any atom is 0.337 e. The van der Waals surface area contributed by atoms with Crippen molar-refractivity contribution < 1.29 is 14.7 Å². The first-order valence-electron chi connectivity index (χ1n) is 9.24. The molecule has 0 aliphatic heterocycles. The molecule has 0 saturated heterocycles. The van der Waals surface area contributed by atoms with E-state index in [1.165, 1.54) is 17.4 Å². The Balaban J connectivity index is 2.31. The van der Waals surface area contributed by atoms with Gasteiger partial charge in [0.15, 0.2) is 0 Å². The van der Waals surface area contributed by atoms with Crippen molar-refractivity contribution in [2.75, 3.05) is 5.32 Å². The van der Waals surface area contributed by atoms with Gasteiger partial charge in [-0.05, 0) is 55.7 Å². The van der Waals surface area contributed by atoms with Crippen molar-refractivity contribution in [1.82, 2.24) is 0 Å². The minimum atomic E-state index is -1.09. The van der Waals surface area contributed by atoms with Crippen molar-refractivity contribution in [2.24, 2.45) is 4.99 Å². The molecule has 1 aromatic carbocycles. The number of hydrogen-bond donors (Lipinski definition) is 2. The molecule has 0 fully saturated rings. The summed E-state index contributed by atoms with van der Waals surface area (Å²) in [6, 6.07) is 9.96. The van der Waals surface area contributed by atoms with E-state index in [9.17, 15) is 14.7 Å². The Bertz CT molecular complexity index is 984. The molecule has 0 spiro atoms. The molecule has 0 aliphatic carbocycles. The molecule has 0 saturated carbocycles. The summed E-state index contributed by atoms with van der Waals surface area (Å²) in [7, 11) is 0. The van der Waals surface area contributed by atoms with Gasteiger partial charge in [0.2, 0.25) is 0 Å². The van der Waals surface area contributed by atoms with Crippen molar-refractivity contribution >= 4 is 40.7 Å². The number of allylic oxidation sites excluding steroid dienone is 5. The highest BCUT2D eigenvalue weighted by atomic mass is 32.1. The van der Waals surface area contributed by atoms with Crippen molar-refractivity contribution in [3.63, 3.8) is 0 Å². The van der Waals surface area contributed by atoms with E-state index in [2.05, 4.69) is 16.9 Å². The summed E-state index contributed by atoms with van der Waals surface area (Å²) >= 11 is 1.35. The number of carboxylic acids is 1. The van der Waals surface area contributed by atoms with Crippen molar-refractivity contribution in [3.8, 4) is 0 Å². The topological polar surface area (TPSA) is 78.8 Å². The van der Waals surface area contributed by atoms with E-state index in [1.54, 1.807) is 30.5 Å². The maximum atomic E-state index is 12.7. The van der Waals surface area contributed by atoms with Gasteiger partial charge in [-0.15, -0.1) is 17.9 Å². The Labute approximate surface area is 174 Å². The fourth-order valence-electron chi connectivity index (χ4n) is 2.59. The lowest BCUT2D eigenvalue weighted by Gasteiger charge is -2.07. The number of aromatic carboxylic acids is 1. The van der Waals surface area contributed by atoms with Crippen LogP contribution in [0.3, 0.4) is 0 Å². The van der Waals surface area contributed by atoms with Gasteiger partial charge in [-0.25, -0.2) is 4.79 Å². The van der Waals surface area contributed by atoms with E-state index < -0.39 is 5.97 Å². The summed E-state index contributed by atoms with van der Waals surface area (Å²) in [4.78, 5) is 29.8. The molecule has 2 rings (SSSR count). The van der Waals surface area contributed by atoms with Gasteiger partial charge in [0.1, 0.15) is 0 Å². The second-order valence-corrected chi connectivity index (χ2v) is 7.11. The highest BCUT2D eigenvalue weighted by Gasteiger charge is 2.15. The number of carbonyl (C=O) groups excluding carboxylic acids is 1. The van der Waals surface area contributed by atoms with Gasteiger partial charge in [0.25, 0.3) is 5.91 Å². The van der Waals surface area contributed by atoms with Crippen LogP contribution in [0.2, 0.25) is 0 Å². The Morgan fingerprint density at radius 3 is 2.59 bits per heavy atom. The van der Waals surface area contributed by atoms with Gasteiger partial charge >= 0.3 is 5.97 Å². The molecule has 0 atom stereocenters. The van der Waals surface area contributed by atoms with Gasteiger partial charge in [-0.3, -0.25) is 9.79 Å². The predicted octanol–water partition coefficient (Wildman–Crippen LogP) is 6.04. The molecule has 0 bridgehead atoms. The first-order chi connectivity index (χ1) is 14.0. The number of thiophene rings is 1. The quantitative estimate of drug-likeness (QED) is 0.301. The number of anilines is 1. The SMILES string of the molecule is C=CC/C=C(\C=C(/CC)N=CC)c1ccc(C(=O)Nc2ccccc2C(=O)O)s1. The number of carbonyl (C=O) groups is 2. The second-order valence-electron chi connectivity index (χ2n) is 6.03. The van der Waals surface area contributed by atoms with Crippen LogP contribution < -0.4 is 5.32 Å². The average molecular weight is 409 g/mol. The van der Waals surface area contributed by atoms with Gasteiger partial charge < -0.3 is 10.4 Å². The molecular formula is C23H24N2O3S. The van der Waals surface area contributed by atoms with E-state index in [1.807, 2.05) is 38.1 Å². The number of hydrogen-bond acceptors (Lipinski definition) is 4. The number of rotatable bonds is 9. The number of amides is 1. The third-order valence-electron chi connectivity index (χ3n) is 4.00. The van der Waals surface area contributed by atoms with E-state index in [0.29, 0.717) is 11.3 Å². The zero-order valence-corrected chi connectivity index (χ0v) is 17.3. The van der Waals surface area contributed by atoms with Crippen molar-refractivity contribution in [3.05, 3.63) is 82.2 Å². The smallest absolute Gasteiger partial charge is 0.337 e. The Hall–Kier alpha value is -3.25. The number of aliphatic imine (C=N–C) groups is 1. The van der Waals surface area contributed by atoms with Crippen LogP contribution in [-0.2, 0) is 0 Å². The van der Waals surface area contributed by atoms with E-state index >= 15 is 0 Å². The fourth-order valence-corrected chi connectivity index (χ4v) is 3.51.